The van der Waals surface area contributed by atoms with Gasteiger partial charge in [0, 0.05) is 23.2 Å². The molecule has 0 bridgehead atoms. The van der Waals surface area contributed by atoms with Crippen LogP contribution in [0.3, 0.4) is 0 Å². The van der Waals surface area contributed by atoms with Crippen molar-refractivity contribution in [2.24, 2.45) is 0 Å². The zero-order valence-electron chi connectivity index (χ0n) is 15.3. The lowest BCUT2D eigenvalue weighted by molar-refractivity contribution is -0.153. The summed E-state index contributed by atoms with van der Waals surface area (Å²) in [5.41, 5.74) is 0.522. The highest BCUT2D eigenvalue weighted by molar-refractivity contribution is 6.30. The van der Waals surface area contributed by atoms with E-state index in [4.69, 9.17) is 30.5 Å². The molecule has 1 unspecified atom stereocenters. The fourth-order valence-corrected chi connectivity index (χ4v) is 2.66. The molecule has 0 aromatic heterocycles. The van der Waals surface area contributed by atoms with Crippen molar-refractivity contribution in [3.8, 4) is 17.2 Å². The summed E-state index contributed by atoms with van der Waals surface area (Å²) < 4.78 is 21.6. The number of esters is 1. The first-order valence-corrected chi connectivity index (χ1v) is 9.17. The number of rotatable bonds is 6. The van der Waals surface area contributed by atoms with Gasteiger partial charge in [-0.1, -0.05) is 17.7 Å². The summed E-state index contributed by atoms with van der Waals surface area (Å²) >= 11 is 5.88. The lowest BCUT2D eigenvalue weighted by atomic mass is 10.2. The van der Waals surface area contributed by atoms with E-state index < -0.39 is 24.6 Å². The predicted molar refractivity (Wildman–Crippen MR) is 103 cm³/mol. The molecule has 148 valence electrons. The molecule has 2 aromatic rings. The number of hydrogen-bond donors (Lipinski definition) is 1. The van der Waals surface area contributed by atoms with Gasteiger partial charge in [-0.3, -0.25) is 4.79 Å². The van der Waals surface area contributed by atoms with Crippen LogP contribution in [0.2, 0.25) is 5.02 Å². The lowest BCUT2D eigenvalue weighted by Crippen LogP contribution is -2.29. The van der Waals surface area contributed by atoms with Gasteiger partial charge in [0.05, 0.1) is 13.2 Å². The van der Waals surface area contributed by atoms with Crippen molar-refractivity contribution in [1.29, 1.82) is 0 Å². The number of benzene rings is 2. The van der Waals surface area contributed by atoms with Gasteiger partial charge in [-0.05, 0) is 37.3 Å². The Morgan fingerprint density at radius 2 is 1.93 bits per heavy atom. The molecule has 7 nitrogen and oxygen atoms in total. The van der Waals surface area contributed by atoms with E-state index in [1.807, 2.05) is 0 Å². The number of anilines is 1. The summed E-state index contributed by atoms with van der Waals surface area (Å²) in [6.07, 6.45) is -0.0915. The molecule has 0 saturated heterocycles. The van der Waals surface area contributed by atoms with Crippen LogP contribution in [0.15, 0.2) is 42.5 Å². The standard InChI is InChI=1S/C20H20ClNO6/c1-13(28-16-5-2-4-14(21)10-16)20(24)27-12-19(23)22-15-6-7-17-18(11-15)26-9-3-8-25-17/h2,4-7,10-11,13H,3,8-9,12H2,1H3,(H,22,23). The molecule has 0 saturated carbocycles. The minimum absolute atomic E-state index is 0.434. The number of amides is 1. The molecule has 1 aliphatic heterocycles. The Bertz CT molecular complexity index is 856. The van der Waals surface area contributed by atoms with Crippen LogP contribution >= 0.6 is 11.6 Å². The third kappa shape index (κ3) is 5.53. The van der Waals surface area contributed by atoms with Crippen LogP contribution in [0.5, 0.6) is 17.2 Å². The van der Waals surface area contributed by atoms with Crippen LogP contribution in [0.25, 0.3) is 0 Å². The van der Waals surface area contributed by atoms with Crippen LogP contribution in [-0.4, -0.2) is 37.8 Å². The van der Waals surface area contributed by atoms with Crippen molar-refractivity contribution in [3.63, 3.8) is 0 Å². The molecule has 1 heterocycles. The summed E-state index contributed by atoms with van der Waals surface area (Å²) in [6.45, 7) is 2.23. The molecule has 28 heavy (non-hydrogen) atoms. The zero-order valence-corrected chi connectivity index (χ0v) is 16.0. The Hall–Kier alpha value is -2.93. The number of fused-ring (bicyclic) bond motifs is 1. The van der Waals surface area contributed by atoms with E-state index in [1.54, 1.807) is 42.5 Å². The van der Waals surface area contributed by atoms with E-state index >= 15 is 0 Å². The molecule has 0 radical (unpaired) electrons. The van der Waals surface area contributed by atoms with Gasteiger partial charge in [0.2, 0.25) is 0 Å². The molecule has 2 aromatic carbocycles. The van der Waals surface area contributed by atoms with Crippen molar-refractivity contribution >= 4 is 29.2 Å². The van der Waals surface area contributed by atoms with Gasteiger partial charge < -0.3 is 24.3 Å². The highest BCUT2D eigenvalue weighted by Gasteiger charge is 2.18. The SMILES string of the molecule is CC(Oc1cccc(Cl)c1)C(=O)OCC(=O)Nc1ccc2c(c1)OCCCO2. The van der Waals surface area contributed by atoms with E-state index in [9.17, 15) is 9.59 Å². The fourth-order valence-electron chi connectivity index (χ4n) is 2.48. The Morgan fingerprint density at radius 1 is 1.14 bits per heavy atom. The van der Waals surface area contributed by atoms with Gasteiger partial charge in [0.1, 0.15) is 5.75 Å². The van der Waals surface area contributed by atoms with Crippen LogP contribution < -0.4 is 19.5 Å². The Kier molecular flexibility index (Phi) is 6.60. The maximum Gasteiger partial charge on any atom is 0.347 e. The molecule has 0 spiro atoms. The second kappa shape index (κ2) is 9.32. The molecule has 8 heteroatoms. The maximum atomic E-state index is 12.1. The van der Waals surface area contributed by atoms with Gasteiger partial charge >= 0.3 is 5.97 Å². The first-order valence-electron chi connectivity index (χ1n) is 8.79. The monoisotopic (exact) mass is 405 g/mol. The minimum Gasteiger partial charge on any atom is -0.490 e. The number of carbonyl (C=O) groups is 2. The lowest BCUT2D eigenvalue weighted by Gasteiger charge is -2.14. The van der Waals surface area contributed by atoms with E-state index in [2.05, 4.69) is 5.32 Å². The van der Waals surface area contributed by atoms with E-state index in [0.29, 0.717) is 41.2 Å². The molecule has 0 fully saturated rings. The summed E-state index contributed by atoms with van der Waals surface area (Å²) in [6, 6.07) is 11.8. The van der Waals surface area contributed by atoms with Gasteiger partial charge in [-0.15, -0.1) is 0 Å². The third-order valence-corrected chi connectivity index (χ3v) is 4.05. The van der Waals surface area contributed by atoms with E-state index in [0.717, 1.165) is 6.42 Å². The summed E-state index contributed by atoms with van der Waals surface area (Å²) in [5.74, 6) is 0.505. The molecule has 1 N–H and O–H groups in total. The fraction of sp³-hybridized carbons (Fsp3) is 0.300. The molecule has 3 rings (SSSR count). The second-order valence-electron chi connectivity index (χ2n) is 6.09. The Labute approximate surface area is 167 Å². The number of hydrogen-bond acceptors (Lipinski definition) is 6. The van der Waals surface area contributed by atoms with Crippen LogP contribution in [0.1, 0.15) is 13.3 Å². The average molecular weight is 406 g/mol. The largest absolute Gasteiger partial charge is 0.490 e. The van der Waals surface area contributed by atoms with Crippen molar-refractivity contribution in [2.45, 2.75) is 19.4 Å². The molecule has 1 amide bonds. The zero-order chi connectivity index (χ0) is 19.9. The molecule has 1 aliphatic rings. The Morgan fingerprint density at radius 3 is 2.71 bits per heavy atom. The number of carbonyl (C=O) groups excluding carboxylic acids is 2. The first kappa shape index (κ1) is 19.8. The highest BCUT2D eigenvalue weighted by Crippen LogP contribution is 2.32. The minimum atomic E-state index is -0.885. The van der Waals surface area contributed by atoms with E-state index in [-0.39, 0.29) is 0 Å². The second-order valence-corrected chi connectivity index (χ2v) is 6.52. The number of halogens is 1. The van der Waals surface area contributed by atoms with E-state index in [1.165, 1.54) is 6.92 Å². The predicted octanol–water partition coefficient (Wildman–Crippen LogP) is 3.45. The topological polar surface area (TPSA) is 83.1 Å². The first-order chi connectivity index (χ1) is 13.5. The number of nitrogens with one attached hydrogen (secondary N) is 1. The van der Waals surface area contributed by atoms with Gasteiger partial charge in [0.15, 0.2) is 24.2 Å². The van der Waals surface area contributed by atoms with Gasteiger partial charge in [-0.2, -0.15) is 0 Å². The molecule has 1 atom stereocenters. The molecular formula is C20H20ClNO6. The van der Waals surface area contributed by atoms with Crippen molar-refractivity contribution in [2.75, 3.05) is 25.1 Å². The van der Waals surface area contributed by atoms with Crippen molar-refractivity contribution < 1.29 is 28.5 Å². The van der Waals surface area contributed by atoms with Crippen LogP contribution in [0, 0.1) is 0 Å². The smallest absolute Gasteiger partial charge is 0.347 e. The summed E-state index contributed by atoms with van der Waals surface area (Å²) in [5, 5.41) is 3.15. The third-order valence-electron chi connectivity index (χ3n) is 3.82. The van der Waals surface area contributed by atoms with Crippen LogP contribution in [-0.2, 0) is 14.3 Å². The van der Waals surface area contributed by atoms with Crippen molar-refractivity contribution in [3.05, 3.63) is 47.5 Å². The quantitative estimate of drug-likeness (QED) is 0.741. The van der Waals surface area contributed by atoms with Crippen molar-refractivity contribution in [1.82, 2.24) is 0 Å². The van der Waals surface area contributed by atoms with Gasteiger partial charge in [-0.25, -0.2) is 4.79 Å². The summed E-state index contributed by atoms with van der Waals surface area (Å²) in [7, 11) is 0. The van der Waals surface area contributed by atoms with Crippen LogP contribution in [0.4, 0.5) is 5.69 Å². The highest BCUT2D eigenvalue weighted by atomic mass is 35.5. The summed E-state index contributed by atoms with van der Waals surface area (Å²) in [4.78, 5) is 24.1. The molecular weight excluding hydrogens is 386 g/mol. The Balaban J connectivity index is 1.48. The van der Waals surface area contributed by atoms with Gasteiger partial charge in [0.25, 0.3) is 5.91 Å². The maximum absolute atomic E-state index is 12.1. The number of ether oxygens (including phenoxy) is 4. The molecule has 0 aliphatic carbocycles. The normalized spacial score (nSPS) is 13.8. The average Bonchev–Trinajstić information content (AvgIpc) is 2.91.